The van der Waals surface area contributed by atoms with Crippen LogP contribution in [0.3, 0.4) is 0 Å². The summed E-state index contributed by atoms with van der Waals surface area (Å²) in [5, 5.41) is 3.67. The van der Waals surface area contributed by atoms with Crippen LogP contribution in [0.2, 0.25) is 0 Å². The Morgan fingerprint density at radius 3 is 3.00 bits per heavy atom. The minimum atomic E-state index is -0.734. The molecule has 0 bridgehead atoms. The van der Waals surface area contributed by atoms with Crippen molar-refractivity contribution < 1.29 is 14.3 Å². The second kappa shape index (κ2) is 6.95. The number of methoxy groups -OCH3 is 1. The van der Waals surface area contributed by atoms with E-state index in [0.29, 0.717) is 23.7 Å². The average molecular weight is 249 g/mol. The van der Waals surface area contributed by atoms with Gasteiger partial charge in [-0.25, -0.2) is 10.2 Å². The average Bonchev–Trinajstić information content (AvgIpc) is 2.36. The van der Waals surface area contributed by atoms with Gasteiger partial charge in [-0.3, -0.25) is 0 Å². The molecule has 0 aliphatic rings. The summed E-state index contributed by atoms with van der Waals surface area (Å²) < 4.78 is 10.7. The van der Waals surface area contributed by atoms with Crippen molar-refractivity contribution in [1.29, 1.82) is 0 Å². The number of hydrazone groups is 1. The molecule has 0 aromatic heterocycles. The number of rotatable bonds is 6. The van der Waals surface area contributed by atoms with Crippen LogP contribution in [0.15, 0.2) is 36.0 Å². The van der Waals surface area contributed by atoms with Crippen molar-refractivity contribution in [2.75, 3.05) is 13.7 Å². The first-order valence-corrected chi connectivity index (χ1v) is 5.18. The van der Waals surface area contributed by atoms with Crippen molar-refractivity contribution in [3.63, 3.8) is 0 Å². The first-order chi connectivity index (χ1) is 8.69. The van der Waals surface area contributed by atoms with Gasteiger partial charge in [0, 0.05) is 5.56 Å². The molecule has 18 heavy (non-hydrogen) atoms. The van der Waals surface area contributed by atoms with Crippen LogP contribution in [0, 0.1) is 0 Å². The highest BCUT2D eigenvalue weighted by atomic mass is 16.5. The number of benzene rings is 1. The second-order valence-electron chi connectivity index (χ2n) is 3.21. The summed E-state index contributed by atoms with van der Waals surface area (Å²) in [5.74, 6) is 1.09. The molecule has 0 saturated carbocycles. The van der Waals surface area contributed by atoms with Crippen LogP contribution in [0.1, 0.15) is 5.56 Å². The molecule has 6 heteroatoms. The maximum absolute atomic E-state index is 10.5. The molecule has 1 aromatic carbocycles. The van der Waals surface area contributed by atoms with Crippen LogP contribution in [0.25, 0.3) is 0 Å². The first-order valence-electron chi connectivity index (χ1n) is 5.18. The summed E-state index contributed by atoms with van der Waals surface area (Å²) in [6, 6.07) is 4.58. The van der Waals surface area contributed by atoms with E-state index in [1.165, 1.54) is 6.21 Å². The van der Waals surface area contributed by atoms with Gasteiger partial charge in [-0.05, 0) is 12.1 Å². The Bertz CT molecular complexity index is 458. The largest absolute Gasteiger partial charge is 0.493 e. The lowest BCUT2D eigenvalue weighted by Crippen LogP contribution is -2.24. The van der Waals surface area contributed by atoms with Crippen molar-refractivity contribution in [3.05, 3.63) is 36.4 Å². The molecular weight excluding hydrogens is 234 g/mol. The van der Waals surface area contributed by atoms with Gasteiger partial charge in [-0.2, -0.15) is 5.10 Å². The quantitative estimate of drug-likeness (QED) is 0.452. The summed E-state index contributed by atoms with van der Waals surface area (Å²) in [6.45, 7) is 3.91. The fourth-order valence-corrected chi connectivity index (χ4v) is 1.26. The molecule has 6 nitrogen and oxygen atoms in total. The molecule has 0 radical (unpaired) electrons. The molecule has 0 atom stereocenters. The highest BCUT2D eigenvalue weighted by Gasteiger charge is 2.08. The van der Waals surface area contributed by atoms with Crippen molar-refractivity contribution >= 4 is 12.2 Å². The fraction of sp³-hybridized carbons (Fsp3) is 0.167. The molecule has 0 aliphatic carbocycles. The summed E-state index contributed by atoms with van der Waals surface area (Å²) >= 11 is 0. The molecule has 0 unspecified atom stereocenters. The van der Waals surface area contributed by atoms with Crippen LogP contribution >= 0.6 is 0 Å². The summed E-state index contributed by atoms with van der Waals surface area (Å²) in [6.07, 6.45) is 3.04. The molecule has 1 aromatic rings. The Balaban J connectivity index is 2.97. The van der Waals surface area contributed by atoms with Gasteiger partial charge in [0.2, 0.25) is 0 Å². The molecule has 3 N–H and O–H groups in total. The van der Waals surface area contributed by atoms with Crippen molar-refractivity contribution in [2.45, 2.75) is 0 Å². The lowest BCUT2D eigenvalue weighted by Gasteiger charge is -2.11. The SMILES string of the molecule is C=CCOc1c(C=NNC(N)=O)cccc1OC. The minimum Gasteiger partial charge on any atom is -0.493 e. The van der Waals surface area contributed by atoms with E-state index in [-0.39, 0.29) is 0 Å². The molecule has 0 heterocycles. The van der Waals surface area contributed by atoms with Gasteiger partial charge in [-0.1, -0.05) is 18.7 Å². The number of nitrogens with two attached hydrogens (primary N) is 1. The standard InChI is InChI=1S/C12H15N3O3/c1-3-7-18-11-9(8-14-15-12(13)16)5-4-6-10(11)17-2/h3-6,8H,1,7H2,2H3,(H3,13,15,16). The molecule has 0 saturated heterocycles. The number of hydrogen-bond donors (Lipinski definition) is 2. The topological polar surface area (TPSA) is 85.9 Å². The summed E-state index contributed by atoms with van der Waals surface area (Å²) in [4.78, 5) is 10.5. The van der Waals surface area contributed by atoms with Crippen molar-refractivity contribution in [1.82, 2.24) is 5.43 Å². The lowest BCUT2D eigenvalue weighted by molar-refractivity contribution is 0.249. The first kappa shape index (κ1) is 13.6. The normalized spacial score (nSPS) is 10.1. The van der Waals surface area contributed by atoms with E-state index in [2.05, 4.69) is 17.1 Å². The van der Waals surface area contributed by atoms with Gasteiger partial charge in [0.05, 0.1) is 13.3 Å². The van der Waals surface area contributed by atoms with E-state index < -0.39 is 6.03 Å². The van der Waals surface area contributed by atoms with Gasteiger partial charge in [0.25, 0.3) is 0 Å². The number of hydrogen-bond acceptors (Lipinski definition) is 4. The van der Waals surface area contributed by atoms with E-state index in [9.17, 15) is 4.79 Å². The number of nitrogens with one attached hydrogen (secondary N) is 1. The third-order valence-corrected chi connectivity index (χ3v) is 1.95. The second-order valence-corrected chi connectivity index (χ2v) is 3.21. The Hall–Kier alpha value is -2.50. The number of primary amides is 1. The predicted octanol–water partition coefficient (Wildman–Crippen LogP) is 1.26. The zero-order valence-electron chi connectivity index (χ0n) is 10.1. The smallest absolute Gasteiger partial charge is 0.332 e. The van der Waals surface area contributed by atoms with Crippen LogP contribution in [0.5, 0.6) is 11.5 Å². The van der Waals surface area contributed by atoms with Crippen LogP contribution in [-0.2, 0) is 0 Å². The molecule has 0 spiro atoms. The number of ether oxygens (including phenoxy) is 2. The van der Waals surface area contributed by atoms with Crippen LogP contribution < -0.4 is 20.6 Å². The molecule has 0 aliphatic heterocycles. The Morgan fingerprint density at radius 2 is 2.39 bits per heavy atom. The van der Waals surface area contributed by atoms with Gasteiger partial charge in [0.15, 0.2) is 11.5 Å². The van der Waals surface area contributed by atoms with E-state index in [0.717, 1.165) is 0 Å². The van der Waals surface area contributed by atoms with E-state index in [1.807, 2.05) is 0 Å². The van der Waals surface area contributed by atoms with Crippen LogP contribution in [0.4, 0.5) is 4.79 Å². The van der Waals surface area contributed by atoms with E-state index in [1.54, 1.807) is 31.4 Å². The molecule has 2 amide bonds. The van der Waals surface area contributed by atoms with Crippen molar-refractivity contribution in [3.8, 4) is 11.5 Å². The van der Waals surface area contributed by atoms with E-state index in [4.69, 9.17) is 15.2 Å². The zero-order valence-corrected chi connectivity index (χ0v) is 10.1. The lowest BCUT2D eigenvalue weighted by atomic mass is 10.2. The molecular formula is C12H15N3O3. The number of amides is 2. The zero-order chi connectivity index (χ0) is 13.4. The van der Waals surface area contributed by atoms with Gasteiger partial charge < -0.3 is 15.2 Å². The number of nitrogens with zero attached hydrogens (tertiary/aromatic N) is 1. The molecule has 1 rings (SSSR count). The number of urea groups is 1. The minimum absolute atomic E-state index is 0.338. The molecule has 96 valence electrons. The Kier molecular flexibility index (Phi) is 5.24. The van der Waals surface area contributed by atoms with Crippen molar-refractivity contribution in [2.24, 2.45) is 10.8 Å². The number of carbonyl (C=O) groups is 1. The fourth-order valence-electron chi connectivity index (χ4n) is 1.26. The van der Waals surface area contributed by atoms with Gasteiger partial charge in [-0.15, -0.1) is 0 Å². The summed E-state index contributed by atoms with van der Waals surface area (Å²) in [7, 11) is 1.54. The molecule has 0 fully saturated rings. The number of para-hydroxylation sites is 1. The van der Waals surface area contributed by atoms with Crippen LogP contribution in [-0.4, -0.2) is 26.0 Å². The Labute approximate surface area is 105 Å². The maximum Gasteiger partial charge on any atom is 0.332 e. The monoisotopic (exact) mass is 249 g/mol. The predicted molar refractivity (Wildman–Crippen MR) is 69.0 cm³/mol. The number of carbonyl (C=O) groups excluding carboxylic acids is 1. The van der Waals surface area contributed by atoms with Gasteiger partial charge >= 0.3 is 6.03 Å². The summed E-state index contributed by atoms with van der Waals surface area (Å²) in [5.41, 5.74) is 7.66. The van der Waals surface area contributed by atoms with Gasteiger partial charge in [0.1, 0.15) is 6.61 Å². The Morgan fingerprint density at radius 1 is 1.61 bits per heavy atom. The highest BCUT2D eigenvalue weighted by Crippen LogP contribution is 2.29. The third-order valence-electron chi connectivity index (χ3n) is 1.95. The highest BCUT2D eigenvalue weighted by molar-refractivity contribution is 5.86. The van der Waals surface area contributed by atoms with E-state index >= 15 is 0 Å². The third kappa shape index (κ3) is 3.82. The maximum atomic E-state index is 10.5.